The predicted molar refractivity (Wildman–Crippen MR) is 128 cm³/mol. The molecule has 9 nitrogen and oxygen atoms in total. The number of benzene rings is 1. The van der Waals surface area contributed by atoms with E-state index >= 15 is 0 Å². The van der Waals surface area contributed by atoms with Gasteiger partial charge >= 0.3 is 0 Å². The number of fused-ring (bicyclic) bond motifs is 1. The van der Waals surface area contributed by atoms with Crippen LogP contribution in [0.4, 0.5) is 0 Å². The molecule has 1 amide bonds. The fourth-order valence-corrected chi connectivity index (χ4v) is 4.61. The standard InChI is InChI=1S/C23H17ClN6O3S/c1-13-18-22(34-19(13)21-28-20(29-33-21)15-6-8-25-9-7-15)27-12-30(23(18)32)11-17(31)26-10-14-2-4-16(24)5-3-14/h2-9,12H,10-11H2,1H3,(H,26,31). The van der Waals surface area contributed by atoms with Gasteiger partial charge < -0.3 is 9.84 Å². The minimum absolute atomic E-state index is 0.146. The summed E-state index contributed by atoms with van der Waals surface area (Å²) in [7, 11) is 0. The van der Waals surface area contributed by atoms with Gasteiger partial charge in [0.15, 0.2) is 0 Å². The molecule has 170 valence electrons. The summed E-state index contributed by atoms with van der Waals surface area (Å²) < 4.78 is 6.74. The summed E-state index contributed by atoms with van der Waals surface area (Å²) >= 11 is 7.17. The molecule has 0 fully saturated rings. The smallest absolute Gasteiger partial charge is 0.268 e. The van der Waals surface area contributed by atoms with E-state index in [2.05, 4.69) is 25.4 Å². The molecular weight excluding hydrogens is 476 g/mol. The lowest BCUT2D eigenvalue weighted by Gasteiger charge is -2.07. The SMILES string of the molecule is Cc1c(-c2nc(-c3ccncc3)no2)sc2ncn(CC(=O)NCc3ccc(Cl)cc3)c(=O)c12. The number of pyridine rings is 1. The van der Waals surface area contributed by atoms with Crippen LogP contribution in [0.1, 0.15) is 11.1 Å². The van der Waals surface area contributed by atoms with Crippen molar-refractivity contribution < 1.29 is 9.32 Å². The number of amides is 1. The van der Waals surface area contributed by atoms with Gasteiger partial charge in [-0.2, -0.15) is 4.98 Å². The zero-order chi connectivity index (χ0) is 23.7. The maximum absolute atomic E-state index is 13.1. The minimum Gasteiger partial charge on any atom is -0.350 e. The lowest BCUT2D eigenvalue weighted by Crippen LogP contribution is -2.32. The Morgan fingerprint density at radius 2 is 1.94 bits per heavy atom. The van der Waals surface area contributed by atoms with Gasteiger partial charge in [-0.05, 0) is 42.3 Å². The van der Waals surface area contributed by atoms with Crippen LogP contribution in [0.3, 0.4) is 0 Å². The summed E-state index contributed by atoms with van der Waals surface area (Å²) in [4.78, 5) is 39.6. The van der Waals surface area contributed by atoms with Crippen molar-refractivity contribution in [2.75, 3.05) is 0 Å². The molecule has 0 unspecified atom stereocenters. The monoisotopic (exact) mass is 492 g/mol. The van der Waals surface area contributed by atoms with Crippen LogP contribution >= 0.6 is 22.9 Å². The maximum atomic E-state index is 13.1. The Kier molecular flexibility index (Phi) is 5.91. The van der Waals surface area contributed by atoms with Crippen molar-refractivity contribution in [3.63, 3.8) is 0 Å². The third-order valence-corrected chi connectivity index (χ3v) is 6.63. The summed E-state index contributed by atoms with van der Waals surface area (Å²) in [5, 5.41) is 7.89. The van der Waals surface area contributed by atoms with Crippen LogP contribution in [0, 0.1) is 6.92 Å². The van der Waals surface area contributed by atoms with Crippen LogP contribution in [0.15, 0.2) is 64.4 Å². The van der Waals surface area contributed by atoms with Crippen molar-refractivity contribution in [1.82, 2.24) is 30.0 Å². The van der Waals surface area contributed by atoms with E-state index < -0.39 is 0 Å². The number of thiophene rings is 1. The van der Waals surface area contributed by atoms with E-state index in [1.54, 1.807) is 43.6 Å². The molecule has 0 saturated heterocycles. The number of carbonyl (C=O) groups excluding carboxylic acids is 1. The topological polar surface area (TPSA) is 116 Å². The predicted octanol–water partition coefficient (Wildman–Crippen LogP) is 3.85. The Hall–Kier alpha value is -3.89. The van der Waals surface area contributed by atoms with Crippen LogP contribution in [0.5, 0.6) is 0 Å². The lowest BCUT2D eigenvalue weighted by atomic mass is 10.2. The van der Waals surface area contributed by atoms with Gasteiger partial charge in [0.2, 0.25) is 11.7 Å². The molecular formula is C23H17ClN6O3S. The van der Waals surface area contributed by atoms with Crippen molar-refractivity contribution in [1.29, 1.82) is 0 Å². The summed E-state index contributed by atoms with van der Waals surface area (Å²) in [6.07, 6.45) is 4.67. The second-order valence-corrected chi connectivity index (χ2v) is 8.91. The number of hydrogen-bond acceptors (Lipinski definition) is 8. The highest BCUT2D eigenvalue weighted by atomic mass is 35.5. The van der Waals surface area contributed by atoms with Gasteiger partial charge in [0.05, 0.1) is 16.6 Å². The zero-order valence-corrected chi connectivity index (χ0v) is 19.4. The molecule has 34 heavy (non-hydrogen) atoms. The van der Waals surface area contributed by atoms with E-state index in [-0.39, 0.29) is 18.0 Å². The highest BCUT2D eigenvalue weighted by Gasteiger charge is 2.21. The largest absolute Gasteiger partial charge is 0.350 e. The van der Waals surface area contributed by atoms with Crippen molar-refractivity contribution >= 4 is 39.1 Å². The molecule has 0 atom stereocenters. The van der Waals surface area contributed by atoms with Gasteiger partial charge in [-0.15, -0.1) is 11.3 Å². The van der Waals surface area contributed by atoms with Crippen LogP contribution in [0.25, 0.3) is 32.4 Å². The van der Waals surface area contributed by atoms with Crippen LogP contribution in [-0.4, -0.2) is 30.6 Å². The van der Waals surface area contributed by atoms with E-state index in [0.29, 0.717) is 43.9 Å². The number of aryl methyl sites for hydroxylation is 1. The molecule has 0 saturated carbocycles. The van der Waals surface area contributed by atoms with Gasteiger partial charge in [0, 0.05) is 29.5 Å². The number of nitrogens with zero attached hydrogens (tertiary/aromatic N) is 5. The van der Waals surface area contributed by atoms with Crippen LogP contribution in [0.2, 0.25) is 5.02 Å². The molecule has 5 aromatic rings. The van der Waals surface area contributed by atoms with Crippen LogP contribution in [-0.2, 0) is 17.9 Å². The Balaban J connectivity index is 1.38. The molecule has 0 radical (unpaired) electrons. The average Bonchev–Trinajstić information content (AvgIpc) is 3.46. The van der Waals surface area contributed by atoms with Gasteiger partial charge in [0.25, 0.3) is 11.4 Å². The number of carbonyl (C=O) groups is 1. The Bertz CT molecular complexity index is 1540. The zero-order valence-electron chi connectivity index (χ0n) is 17.9. The maximum Gasteiger partial charge on any atom is 0.268 e. The van der Waals surface area contributed by atoms with E-state index in [0.717, 1.165) is 11.1 Å². The first-order chi connectivity index (χ1) is 16.5. The lowest BCUT2D eigenvalue weighted by molar-refractivity contribution is -0.121. The first-order valence-corrected chi connectivity index (χ1v) is 11.4. The molecule has 1 aromatic carbocycles. The highest BCUT2D eigenvalue weighted by molar-refractivity contribution is 7.22. The number of halogens is 1. The quantitative estimate of drug-likeness (QED) is 0.382. The minimum atomic E-state index is -0.305. The molecule has 0 bridgehead atoms. The molecule has 0 aliphatic carbocycles. The van der Waals surface area contributed by atoms with Crippen molar-refractivity contribution in [3.05, 3.63) is 81.6 Å². The first-order valence-electron chi connectivity index (χ1n) is 10.2. The fraction of sp³-hybridized carbons (Fsp3) is 0.130. The van der Waals surface area contributed by atoms with E-state index in [9.17, 15) is 9.59 Å². The molecule has 0 aliphatic rings. The third-order valence-electron chi connectivity index (χ3n) is 5.19. The van der Waals surface area contributed by atoms with Gasteiger partial charge in [-0.1, -0.05) is 28.9 Å². The molecule has 0 spiro atoms. The Morgan fingerprint density at radius 3 is 2.71 bits per heavy atom. The average molecular weight is 493 g/mol. The van der Waals surface area contributed by atoms with Gasteiger partial charge in [0.1, 0.15) is 11.4 Å². The van der Waals surface area contributed by atoms with Crippen molar-refractivity contribution in [2.45, 2.75) is 20.0 Å². The third kappa shape index (κ3) is 4.33. The summed E-state index contributed by atoms with van der Waals surface area (Å²) in [5.41, 5.74) is 2.05. The number of aromatic nitrogens is 5. The molecule has 1 N–H and O–H groups in total. The number of hydrogen-bond donors (Lipinski definition) is 1. The summed E-state index contributed by atoms with van der Waals surface area (Å²) in [5.74, 6) is 0.432. The fourth-order valence-electron chi connectivity index (χ4n) is 3.42. The summed E-state index contributed by atoms with van der Waals surface area (Å²) in [6.45, 7) is 1.99. The van der Waals surface area contributed by atoms with E-state index in [1.807, 2.05) is 12.1 Å². The van der Waals surface area contributed by atoms with Crippen LogP contribution < -0.4 is 10.9 Å². The van der Waals surface area contributed by atoms with E-state index in [1.165, 1.54) is 22.2 Å². The second-order valence-electron chi connectivity index (χ2n) is 7.48. The van der Waals surface area contributed by atoms with E-state index in [4.69, 9.17) is 16.1 Å². The molecule has 11 heteroatoms. The number of nitrogens with one attached hydrogen (secondary N) is 1. The van der Waals surface area contributed by atoms with Crippen molar-refractivity contribution in [2.24, 2.45) is 0 Å². The molecule has 4 heterocycles. The van der Waals surface area contributed by atoms with Gasteiger partial charge in [-0.3, -0.25) is 19.1 Å². The second kappa shape index (κ2) is 9.16. The molecule has 4 aromatic heterocycles. The number of rotatable bonds is 6. The molecule has 0 aliphatic heterocycles. The highest BCUT2D eigenvalue weighted by Crippen LogP contribution is 2.35. The molecule has 5 rings (SSSR count). The van der Waals surface area contributed by atoms with Gasteiger partial charge in [-0.25, -0.2) is 4.98 Å². The Labute approximate surface area is 202 Å². The summed E-state index contributed by atoms with van der Waals surface area (Å²) in [6, 6.07) is 10.7. The Morgan fingerprint density at radius 1 is 1.18 bits per heavy atom. The van der Waals surface area contributed by atoms with Crippen molar-refractivity contribution in [3.8, 4) is 22.2 Å². The normalized spacial score (nSPS) is 11.1. The first kappa shape index (κ1) is 21.9.